The van der Waals surface area contributed by atoms with E-state index in [1.807, 2.05) is 0 Å². The van der Waals surface area contributed by atoms with Crippen molar-refractivity contribution in [3.8, 4) is 5.75 Å². The Morgan fingerprint density at radius 1 is 1.75 bits per heavy atom. The van der Waals surface area contributed by atoms with Crippen LogP contribution in [0.1, 0.15) is 10.4 Å². The highest BCUT2D eigenvalue weighted by Crippen LogP contribution is 2.19. The minimum atomic E-state index is -0.502. The molecule has 0 atom stereocenters. The molecule has 0 fully saturated rings. The minimum absolute atomic E-state index is 0.109. The molecule has 1 rings (SSSR count). The van der Waals surface area contributed by atoms with E-state index in [2.05, 4.69) is 10.8 Å². The zero-order chi connectivity index (χ0) is 9.14. The fourth-order valence-electron chi connectivity index (χ4n) is 0.743. The van der Waals surface area contributed by atoms with E-state index >= 15 is 0 Å². The number of rotatable bonds is 1. The molecule has 1 aromatic carbocycles. The maximum atomic E-state index is 10.9. The summed E-state index contributed by atoms with van der Waals surface area (Å²) in [5.74, 6) is -0.666. The molecule has 0 aliphatic heterocycles. The predicted molar refractivity (Wildman–Crippen MR) is 42.7 cm³/mol. The van der Waals surface area contributed by atoms with Crippen LogP contribution in [0.4, 0.5) is 5.69 Å². The number of benzene rings is 1. The van der Waals surface area contributed by atoms with Crippen molar-refractivity contribution in [2.45, 2.75) is 0 Å². The van der Waals surface area contributed by atoms with Gasteiger partial charge in [0.15, 0.2) is 0 Å². The molecule has 0 spiro atoms. The predicted octanol–water partition coefficient (Wildman–Crippen LogP) is 0.561. The van der Waals surface area contributed by atoms with Crippen molar-refractivity contribution in [1.29, 1.82) is 0 Å². The van der Waals surface area contributed by atoms with Crippen LogP contribution >= 0.6 is 0 Å². The molecule has 0 aliphatic rings. The summed E-state index contributed by atoms with van der Waals surface area (Å²) in [4.78, 5) is 10.9. The molecule has 1 aromatic rings. The molecule has 0 heterocycles. The largest absolute Gasteiger partial charge is 0.505 e. The maximum Gasteiger partial charge on any atom is 0.337 e. The highest BCUT2D eigenvalue weighted by atomic mass is 16.5. The molecule has 3 N–H and O–H groups in total. The molecule has 0 unspecified atom stereocenters. The fourth-order valence-corrected chi connectivity index (χ4v) is 0.743. The zero-order valence-corrected chi connectivity index (χ0v) is 6.50. The van der Waals surface area contributed by atoms with E-state index in [0.29, 0.717) is 0 Å². The van der Waals surface area contributed by atoms with Crippen molar-refractivity contribution in [2.24, 2.45) is 0 Å². The summed E-state index contributed by atoms with van der Waals surface area (Å²) >= 11 is 0. The summed E-state index contributed by atoms with van der Waals surface area (Å²) in [7, 11) is 1.27. The zero-order valence-electron chi connectivity index (χ0n) is 6.50. The molecule has 0 saturated heterocycles. The van der Waals surface area contributed by atoms with E-state index in [1.54, 1.807) is 0 Å². The molecule has 0 aromatic heterocycles. The van der Waals surface area contributed by atoms with Gasteiger partial charge in [-0.2, -0.15) is 0 Å². The number of phenolic OH excluding ortho intramolecular Hbond substituents is 1. The number of hydrogen-bond acceptors (Lipinski definition) is 4. The molecule has 4 heteroatoms. The third-order valence-electron chi connectivity index (χ3n) is 1.37. The van der Waals surface area contributed by atoms with Crippen LogP contribution in [0.2, 0.25) is 0 Å². The van der Waals surface area contributed by atoms with Gasteiger partial charge in [0.25, 0.3) is 0 Å². The molecular weight excluding hydrogens is 158 g/mol. The maximum absolute atomic E-state index is 10.9. The van der Waals surface area contributed by atoms with Crippen molar-refractivity contribution in [2.75, 3.05) is 12.8 Å². The molecule has 0 saturated carbocycles. The first kappa shape index (κ1) is 8.39. The highest BCUT2D eigenvalue weighted by molar-refractivity contribution is 5.90. The van der Waals surface area contributed by atoms with Crippen LogP contribution in [0, 0.1) is 6.07 Å². The lowest BCUT2D eigenvalue weighted by Crippen LogP contribution is -2.01. The van der Waals surface area contributed by atoms with Gasteiger partial charge in [-0.25, -0.2) is 4.79 Å². The Kier molecular flexibility index (Phi) is 2.19. The summed E-state index contributed by atoms with van der Waals surface area (Å²) < 4.78 is 4.43. The van der Waals surface area contributed by atoms with Gasteiger partial charge >= 0.3 is 5.97 Å². The summed E-state index contributed by atoms with van der Waals surface area (Å²) in [6.45, 7) is 0. The first-order valence-electron chi connectivity index (χ1n) is 3.23. The second-order valence-electron chi connectivity index (χ2n) is 2.18. The van der Waals surface area contributed by atoms with Crippen molar-refractivity contribution in [1.82, 2.24) is 0 Å². The number of phenols is 1. The third-order valence-corrected chi connectivity index (χ3v) is 1.37. The average Bonchev–Trinajstić information content (AvgIpc) is 2.08. The lowest BCUT2D eigenvalue weighted by atomic mass is 10.2. The SMILES string of the molecule is COC(=O)c1c[c]c(O)c(N)c1. The van der Waals surface area contributed by atoms with E-state index in [-0.39, 0.29) is 17.0 Å². The van der Waals surface area contributed by atoms with E-state index in [4.69, 9.17) is 10.8 Å². The van der Waals surface area contributed by atoms with E-state index in [9.17, 15) is 4.79 Å². The fraction of sp³-hybridized carbons (Fsp3) is 0.125. The molecule has 63 valence electrons. The molecule has 4 nitrogen and oxygen atoms in total. The first-order chi connectivity index (χ1) is 5.65. The van der Waals surface area contributed by atoms with Crippen molar-refractivity contribution < 1.29 is 14.6 Å². The van der Waals surface area contributed by atoms with Crippen molar-refractivity contribution in [3.63, 3.8) is 0 Å². The Morgan fingerprint density at radius 3 is 2.92 bits per heavy atom. The number of hydrogen-bond donors (Lipinski definition) is 2. The van der Waals surface area contributed by atoms with Gasteiger partial charge in [0.1, 0.15) is 5.75 Å². The second kappa shape index (κ2) is 3.13. The lowest BCUT2D eigenvalue weighted by molar-refractivity contribution is 0.0601. The molecule has 1 radical (unpaired) electrons. The van der Waals surface area contributed by atoms with Crippen LogP contribution in [0.25, 0.3) is 0 Å². The molecule has 0 aliphatic carbocycles. The topological polar surface area (TPSA) is 72.5 Å². The Hall–Kier alpha value is -1.71. The van der Waals surface area contributed by atoms with Gasteiger partial charge in [0.05, 0.1) is 18.4 Å². The summed E-state index contributed by atoms with van der Waals surface area (Å²) in [6, 6.07) is 5.06. The number of ether oxygens (including phenoxy) is 1. The smallest absolute Gasteiger partial charge is 0.337 e. The third kappa shape index (κ3) is 1.47. The van der Waals surface area contributed by atoms with Crippen LogP contribution < -0.4 is 5.73 Å². The average molecular weight is 166 g/mol. The second-order valence-corrected chi connectivity index (χ2v) is 2.18. The van der Waals surface area contributed by atoms with Gasteiger partial charge in [-0.3, -0.25) is 0 Å². The van der Waals surface area contributed by atoms with Crippen LogP contribution in [-0.2, 0) is 4.74 Å². The number of methoxy groups -OCH3 is 1. The van der Waals surface area contributed by atoms with Gasteiger partial charge in [-0.1, -0.05) is 0 Å². The number of esters is 1. The monoisotopic (exact) mass is 166 g/mol. The van der Waals surface area contributed by atoms with Crippen LogP contribution in [0.15, 0.2) is 12.1 Å². The number of anilines is 1. The Morgan fingerprint density at radius 2 is 2.42 bits per heavy atom. The Labute approximate surface area is 69.6 Å². The number of carbonyl (C=O) groups excluding carboxylic acids is 1. The van der Waals surface area contributed by atoms with Crippen LogP contribution in [-0.4, -0.2) is 18.2 Å². The Bertz CT molecular complexity index is 309. The van der Waals surface area contributed by atoms with Gasteiger partial charge in [0, 0.05) is 6.07 Å². The summed E-state index contributed by atoms with van der Waals surface area (Å²) in [5.41, 5.74) is 5.70. The van der Waals surface area contributed by atoms with E-state index in [0.717, 1.165) is 0 Å². The summed E-state index contributed by atoms with van der Waals surface area (Å²) in [5, 5.41) is 8.97. The number of nitrogen functional groups attached to an aromatic ring is 1. The lowest BCUT2D eigenvalue weighted by Gasteiger charge is -2.00. The standard InChI is InChI=1S/C8H8NO3/c1-12-8(11)5-2-3-7(10)6(9)4-5/h2,4,10H,9H2,1H3. The number of nitrogens with two attached hydrogens (primary N) is 1. The van der Waals surface area contributed by atoms with Gasteiger partial charge in [0.2, 0.25) is 0 Å². The van der Waals surface area contributed by atoms with Crippen LogP contribution in [0.5, 0.6) is 5.75 Å². The highest BCUT2D eigenvalue weighted by Gasteiger charge is 2.06. The van der Waals surface area contributed by atoms with E-state index in [1.165, 1.54) is 19.2 Å². The normalized spacial score (nSPS) is 9.42. The minimum Gasteiger partial charge on any atom is -0.505 e. The molecule has 12 heavy (non-hydrogen) atoms. The quantitative estimate of drug-likeness (QED) is 0.363. The van der Waals surface area contributed by atoms with Crippen molar-refractivity contribution in [3.05, 3.63) is 23.8 Å². The van der Waals surface area contributed by atoms with Gasteiger partial charge in [-0.15, -0.1) is 0 Å². The van der Waals surface area contributed by atoms with Crippen LogP contribution in [0.3, 0.4) is 0 Å². The van der Waals surface area contributed by atoms with Crippen molar-refractivity contribution >= 4 is 11.7 Å². The molecule has 0 bridgehead atoms. The first-order valence-corrected chi connectivity index (χ1v) is 3.23. The number of aromatic hydroxyl groups is 1. The Balaban J connectivity index is 3.05. The van der Waals surface area contributed by atoms with E-state index < -0.39 is 5.97 Å². The molecular formula is C8H8NO3. The number of carbonyl (C=O) groups is 1. The van der Waals surface area contributed by atoms with Gasteiger partial charge in [-0.05, 0) is 12.1 Å². The van der Waals surface area contributed by atoms with Gasteiger partial charge < -0.3 is 15.6 Å². The molecule has 0 amide bonds. The summed E-state index contributed by atoms with van der Waals surface area (Å²) in [6.07, 6.45) is 0.